The molecule has 3 rings (SSSR count). The van der Waals surface area contributed by atoms with Gasteiger partial charge < -0.3 is 9.64 Å². The quantitative estimate of drug-likeness (QED) is 0.827. The number of piperazine rings is 1. The fourth-order valence-corrected chi connectivity index (χ4v) is 3.76. The summed E-state index contributed by atoms with van der Waals surface area (Å²) in [6.07, 6.45) is 5.83. The molecule has 1 aromatic rings. The number of halogens is 1. The Balaban J connectivity index is 1.37. The predicted octanol–water partition coefficient (Wildman–Crippen LogP) is 3.20. The molecule has 1 saturated heterocycles. The zero-order valence-corrected chi connectivity index (χ0v) is 14.3. The first-order valence-electron chi connectivity index (χ1n) is 8.62. The van der Waals surface area contributed by atoms with Crippen LogP contribution in [0, 0.1) is 0 Å². The highest BCUT2D eigenvalue weighted by Crippen LogP contribution is 2.24. The maximum atomic E-state index is 12.3. The fourth-order valence-electron chi connectivity index (χ4n) is 3.58. The molecule has 0 spiro atoms. The number of nitrogens with zero attached hydrogens (tertiary/aromatic N) is 2. The topological polar surface area (TPSA) is 32.8 Å². The zero-order chi connectivity index (χ0) is 16.1. The maximum absolute atomic E-state index is 12.3. The van der Waals surface area contributed by atoms with Crippen molar-refractivity contribution in [3.63, 3.8) is 0 Å². The number of ether oxygens (including phenoxy) is 1. The molecular weight excluding hydrogens is 312 g/mol. The maximum Gasteiger partial charge on any atom is 0.226 e. The van der Waals surface area contributed by atoms with Crippen LogP contribution in [0.4, 0.5) is 0 Å². The van der Waals surface area contributed by atoms with Gasteiger partial charge in [-0.3, -0.25) is 9.69 Å². The van der Waals surface area contributed by atoms with Crippen LogP contribution in [0.25, 0.3) is 0 Å². The second-order valence-electron chi connectivity index (χ2n) is 6.41. The third-order valence-corrected chi connectivity index (χ3v) is 5.12. The van der Waals surface area contributed by atoms with E-state index in [-0.39, 0.29) is 5.91 Å². The highest BCUT2D eigenvalue weighted by Gasteiger charge is 2.27. The van der Waals surface area contributed by atoms with E-state index in [1.807, 2.05) is 23.1 Å². The highest BCUT2D eigenvalue weighted by atomic mass is 35.5. The van der Waals surface area contributed by atoms with Crippen molar-refractivity contribution in [2.45, 2.75) is 38.1 Å². The first kappa shape index (κ1) is 16.6. The summed E-state index contributed by atoms with van der Waals surface area (Å²) in [6, 6.07) is 8.05. The first-order valence-corrected chi connectivity index (χ1v) is 9.00. The van der Waals surface area contributed by atoms with E-state index >= 15 is 0 Å². The van der Waals surface area contributed by atoms with Crippen molar-refractivity contribution in [3.05, 3.63) is 29.3 Å². The van der Waals surface area contributed by atoms with Crippen LogP contribution in [0.5, 0.6) is 5.75 Å². The van der Waals surface area contributed by atoms with Gasteiger partial charge in [0.05, 0.1) is 13.0 Å². The Labute approximate surface area is 143 Å². The van der Waals surface area contributed by atoms with Gasteiger partial charge in [0.15, 0.2) is 0 Å². The number of benzene rings is 1. The molecule has 0 bridgehead atoms. The normalized spacial score (nSPS) is 20.0. The summed E-state index contributed by atoms with van der Waals surface area (Å²) in [5.74, 6) is 0.912. The van der Waals surface area contributed by atoms with Crippen LogP contribution in [-0.4, -0.2) is 54.5 Å². The second-order valence-corrected chi connectivity index (χ2v) is 6.85. The van der Waals surface area contributed by atoms with E-state index in [9.17, 15) is 4.79 Å². The molecule has 126 valence electrons. The molecule has 0 radical (unpaired) electrons. The van der Waals surface area contributed by atoms with Crippen LogP contribution in [0.1, 0.15) is 32.1 Å². The van der Waals surface area contributed by atoms with Gasteiger partial charge in [-0.25, -0.2) is 0 Å². The van der Waals surface area contributed by atoms with Crippen LogP contribution >= 0.6 is 11.6 Å². The van der Waals surface area contributed by atoms with Gasteiger partial charge in [0.2, 0.25) is 5.91 Å². The fraction of sp³-hybridized carbons (Fsp3) is 0.611. The van der Waals surface area contributed by atoms with Gasteiger partial charge in [-0.1, -0.05) is 30.5 Å². The third kappa shape index (κ3) is 4.61. The summed E-state index contributed by atoms with van der Waals surface area (Å²) in [7, 11) is 0. The van der Waals surface area contributed by atoms with Gasteiger partial charge >= 0.3 is 0 Å². The largest absolute Gasteiger partial charge is 0.493 e. The van der Waals surface area contributed by atoms with E-state index in [4.69, 9.17) is 16.3 Å². The number of carbonyl (C=O) groups is 1. The van der Waals surface area contributed by atoms with E-state index in [1.165, 1.54) is 25.7 Å². The lowest BCUT2D eigenvalue weighted by Gasteiger charge is -2.38. The number of hydrogen-bond donors (Lipinski definition) is 0. The number of amides is 1. The standard InChI is InChI=1S/C18H25ClN2O2/c19-15-4-3-7-17(14-15)23-13-8-18(22)21-11-9-20(10-12-21)16-5-1-2-6-16/h3-4,7,14,16H,1-2,5-6,8-13H2. The monoisotopic (exact) mass is 336 g/mol. The third-order valence-electron chi connectivity index (χ3n) is 4.89. The van der Waals surface area contributed by atoms with Crippen molar-refractivity contribution in [1.82, 2.24) is 9.80 Å². The van der Waals surface area contributed by atoms with E-state index in [0.29, 0.717) is 18.1 Å². The van der Waals surface area contributed by atoms with Crippen molar-refractivity contribution >= 4 is 17.5 Å². The summed E-state index contributed by atoms with van der Waals surface area (Å²) in [6.45, 7) is 4.15. The minimum absolute atomic E-state index is 0.193. The van der Waals surface area contributed by atoms with E-state index in [0.717, 1.165) is 38.0 Å². The molecule has 5 heteroatoms. The van der Waals surface area contributed by atoms with Gasteiger partial charge in [0.1, 0.15) is 5.75 Å². The van der Waals surface area contributed by atoms with Crippen molar-refractivity contribution < 1.29 is 9.53 Å². The van der Waals surface area contributed by atoms with Crippen LogP contribution in [0.15, 0.2) is 24.3 Å². The Morgan fingerprint density at radius 1 is 1.17 bits per heavy atom. The Hall–Kier alpha value is -1.26. The molecule has 1 saturated carbocycles. The minimum Gasteiger partial charge on any atom is -0.493 e. The lowest BCUT2D eigenvalue weighted by Crippen LogP contribution is -2.51. The molecule has 0 atom stereocenters. The molecule has 1 aliphatic heterocycles. The summed E-state index contributed by atoms with van der Waals surface area (Å²) in [5, 5.41) is 0.650. The average Bonchev–Trinajstić information content (AvgIpc) is 3.09. The average molecular weight is 337 g/mol. The summed E-state index contributed by atoms with van der Waals surface area (Å²) >= 11 is 5.92. The summed E-state index contributed by atoms with van der Waals surface area (Å²) < 4.78 is 5.61. The van der Waals surface area contributed by atoms with E-state index in [2.05, 4.69) is 4.90 Å². The number of hydrogen-bond acceptors (Lipinski definition) is 3. The molecule has 0 aromatic heterocycles. The van der Waals surface area contributed by atoms with Crippen LogP contribution in [0.3, 0.4) is 0 Å². The molecular formula is C18H25ClN2O2. The van der Waals surface area contributed by atoms with Crippen molar-refractivity contribution in [2.24, 2.45) is 0 Å². The van der Waals surface area contributed by atoms with Gasteiger partial charge in [-0.15, -0.1) is 0 Å². The van der Waals surface area contributed by atoms with Crippen molar-refractivity contribution in [2.75, 3.05) is 32.8 Å². The second kappa shape index (κ2) is 8.02. The molecule has 2 aliphatic rings. The molecule has 2 fully saturated rings. The highest BCUT2D eigenvalue weighted by molar-refractivity contribution is 6.30. The number of rotatable bonds is 5. The molecule has 1 amide bonds. The van der Waals surface area contributed by atoms with Crippen LogP contribution in [0.2, 0.25) is 5.02 Å². The lowest BCUT2D eigenvalue weighted by molar-refractivity contribution is -0.133. The van der Waals surface area contributed by atoms with E-state index < -0.39 is 0 Å². The molecule has 23 heavy (non-hydrogen) atoms. The molecule has 1 aliphatic carbocycles. The van der Waals surface area contributed by atoms with Crippen LogP contribution < -0.4 is 4.74 Å². The smallest absolute Gasteiger partial charge is 0.226 e. The summed E-state index contributed by atoms with van der Waals surface area (Å²) in [4.78, 5) is 16.8. The van der Waals surface area contributed by atoms with E-state index in [1.54, 1.807) is 6.07 Å². The Bertz CT molecular complexity index is 524. The Kier molecular flexibility index (Phi) is 5.79. The Morgan fingerprint density at radius 3 is 2.61 bits per heavy atom. The van der Waals surface area contributed by atoms with Crippen molar-refractivity contribution in [1.29, 1.82) is 0 Å². The zero-order valence-electron chi connectivity index (χ0n) is 13.5. The summed E-state index contributed by atoms with van der Waals surface area (Å²) in [5.41, 5.74) is 0. The van der Waals surface area contributed by atoms with Crippen LogP contribution in [-0.2, 0) is 4.79 Å². The Morgan fingerprint density at radius 2 is 1.91 bits per heavy atom. The molecule has 4 nitrogen and oxygen atoms in total. The first-order chi connectivity index (χ1) is 11.2. The lowest BCUT2D eigenvalue weighted by atomic mass is 10.2. The number of carbonyl (C=O) groups excluding carboxylic acids is 1. The predicted molar refractivity (Wildman–Crippen MR) is 92.0 cm³/mol. The SMILES string of the molecule is O=C(CCOc1cccc(Cl)c1)N1CCN(C2CCCC2)CC1. The molecule has 0 unspecified atom stereocenters. The van der Waals surface area contributed by atoms with Gasteiger partial charge in [0.25, 0.3) is 0 Å². The minimum atomic E-state index is 0.193. The van der Waals surface area contributed by atoms with Gasteiger partial charge in [0, 0.05) is 37.2 Å². The van der Waals surface area contributed by atoms with Gasteiger partial charge in [-0.05, 0) is 31.0 Å². The molecule has 1 aromatic carbocycles. The van der Waals surface area contributed by atoms with Crippen molar-refractivity contribution in [3.8, 4) is 5.75 Å². The molecule has 1 heterocycles. The molecule has 0 N–H and O–H groups in total. The van der Waals surface area contributed by atoms with Gasteiger partial charge in [-0.2, -0.15) is 0 Å².